The Kier molecular flexibility index (Phi) is 3.39. The van der Waals surface area contributed by atoms with Gasteiger partial charge < -0.3 is 10.3 Å². The quantitative estimate of drug-likeness (QED) is 0.769. The average molecular weight is 279 g/mol. The van der Waals surface area contributed by atoms with Gasteiger partial charge in [-0.1, -0.05) is 0 Å². The van der Waals surface area contributed by atoms with Crippen LogP contribution in [-0.4, -0.2) is 19.9 Å². The first-order valence-corrected chi connectivity index (χ1v) is 6.81. The fourth-order valence-corrected chi connectivity index (χ4v) is 2.19. The molecule has 2 N–H and O–H groups in total. The second kappa shape index (κ2) is 5.36. The summed E-state index contributed by atoms with van der Waals surface area (Å²) in [6, 6.07) is 8.04. The predicted molar refractivity (Wildman–Crippen MR) is 83.5 cm³/mol. The van der Waals surface area contributed by atoms with E-state index in [9.17, 15) is 0 Å². The van der Waals surface area contributed by atoms with Gasteiger partial charge in [-0.25, -0.2) is 9.97 Å². The summed E-state index contributed by atoms with van der Waals surface area (Å²) in [5.74, 6) is 1.16. The number of benzene rings is 1. The molecule has 1 aromatic carbocycles. The summed E-state index contributed by atoms with van der Waals surface area (Å²) in [5.41, 5.74) is 5.66. The second-order valence-electron chi connectivity index (χ2n) is 5.08. The fraction of sp³-hybridized carbons (Fsp3) is 0.188. The van der Waals surface area contributed by atoms with Crippen LogP contribution in [0, 0.1) is 20.8 Å². The molecule has 0 saturated carbocycles. The van der Waals surface area contributed by atoms with E-state index in [1.54, 1.807) is 0 Å². The maximum atomic E-state index is 4.43. The van der Waals surface area contributed by atoms with Crippen molar-refractivity contribution in [2.75, 3.05) is 5.32 Å². The molecule has 106 valence electrons. The summed E-state index contributed by atoms with van der Waals surface area (Å²) in [7, 11) is 0. The Morgan fingerprint density at radius 2 is 1.81 bits per heavy atom. The minimum absolute atomic E-state index is 0.539. The molecule has 0 atom stereocenters. The average Bonchev–Trinajstić information content (AvgIpc) is 2.99. The molecular formula is C16H17N5. The first-order chi connectivity index (χ1) is 10.1. The molecule has 2 heterocycles. The van der Waals surface area contributed by atoms with Crippen molar-refractivity contribution in [3.63, 3.8) is 0 Å². The zero-order valence-corrected chi connectivity index (χ0v) is 12.3. The summed E-state index contributed by atoms with van der Waals surface area (Å²) in [6.07, 6.45) is 3.36. The molecule has 21 heavy (non-hydrogen) atoms. The molecule has 0 fully saturated rings. The van der Waals surface area contributed by atoms with Crippen LogP contribution in [0.15, 0.2) is 36.8 Å². The monoisotopic (exact) mass is 279 g/mol. The third-order valence-corrected chi connectivity index (χ3v) is 3.59. The SMILES string of the molecule is Cc1cc(Nc2ncnc(-c3ccc[nH]3)n2)cc(C)c1C. The summed E-state index contributed by atoms with van der Waals surface area (Å²) >= 11 is 0. The summed E-state index contributed by atoms with van der Waals surface area (Å²) in [4.78, 5) is 15.9. The van der Waals surface area contributed by atoms with Gasteiger partial charge in [-0.15, -0.1) is 0 Å². The van der Waals surface area contributed by atoms with Gasteiger partial charge >= 0.3 is 0 Å². The highest BCUT2D eigenvalue weighted by atomic mass is 15.1. The molecule has 0 spiro atoms. The lowest BCUT2D eigenvalue weighted by Crippen LogP contribution is -2.01. The maximum Gasteiger partial charge on any atom is 0.230 e. The van der Waals surface area contributed by atoms with Gasteiger partial charge in [-0.2, -0.15) is 4.98 Å². The Morgan fingerprint density at radius 3 is 2.48 bits per heavy atom. The van der Waals surface area contributed by atoms with Crippen molar-refractivity contribution < 1.29 is 0 Å². The van der Waals surface area contributed by atoms with Crippen LogP contribution in [0.25, 0.3) is 11.5 Å². The van der Waals surface area contributed by atoms with Gasteiger partial charge in [0.05, 0.1) is 5.69 Å². The largest absolute Gasteiger partial charge is 0.359 e. The van der Waals surface area contributed by atoms with Crippen LogP contribution in [0.5, 0.6) is 0 Å². The molecule has 0 bridgehead atoms. The Bertz CT molecular complexity index is 739. The van der Waals surface area contributed by atoms with Crippen molar-refractivity contribution in [1.82, 2.24) is 19.9 Å². The van der Waals surface area contributed by atoms with E-state index < -0.39 is 0 Å². The van der Waals surface area contributed by atoms with Crippen molar-refractivity contribution in [1.29, 1.82) is 0 Å². The highest BCUT2D eigenvalue weighted by Gasteiger charge is 2.06. The van der Waals surface area contributed by atoms with Crippen LogP contribution < -0.4 is 5.32 Å². The second-order valence-corrected chi connectivity index (χ2v) is 5.08. The number of rotatable bonds is 3. The molecule has 0 aliphatic heterocycles. The molecule has 0 unspecified atom stereocenters. The van der Waals surface area contributed by atoms with E-state index in [-0.39, 0.29) is 0 Å². The molecule has 0 aliphatic carbocycles. The van der Waals surface area contributed by atoms with Crippen molar-refractivity contribution in [3.8, 4) is 11.5 Å². The third-order valence-electron chi connectivity index (χ3n) is 3.59. The molecule has 3 rings (SSSR count). The molecule has 0 amide bonds. The van der Waals surface area contributed by atoms with Crippen LogP contribution in [0.3, 0.4) is 0 Å². The lowest BCUT2D eigenvalue weighted by atomic mass is 10.0. The smallest absolute Gasteiger partial charge is 0.230 e. The molecule has 3 aromatic rings. The summed E-state index contributed by atoms with van der Waals surface area (Å²) in [5, 5.41) is 3.24. The number of hydrogen-bond donors (Lipinski definition) is 2. The van der Waals surface area contributed by atoms with E-state index in [2.05, 4.69) is 58.2 Å². The van der Waals surface area contributed by atoms with Crippen molar-refractivity contribution in [2.24, 2.45) is 0 Å². The van der Waals surface area contributed by atoms with E-state index in [0.717, 1.165) is 11.4 Å². The van der Waals surface area contributed by atoms with E-state index in [4.69, 9.17) is 0 Å². The number of aromatic amines is 1. The van der Waals surface area contributed by atoms with Gasteiger partial charge in [-0.3, -0.25) is 0 Å². The Labute approximate surface area is 123 Å². The van der Waals surface area contributed by atoms with Crippen LogP contribution in [0.2, 0.25) is 0 Å². The van der Waals surface area contributed by atoms with E-state index in [1.807, 2.05) is 18.3 Å². The van der Waals surface area contributed by atoms with Crippen LogP contribution in [0.4, 0.5) is 11.6 Å². The zero-order chi connectivity index (χ0) is 14.8. The number of H-pyrrole nitrogens is 1. The van der Waals surface area contributed by atoms with E-state index >= 15 is 0 Å². The predicted octanol–water partition coefficient (Wildman–Crippen LogP) is 3.54. The van der Waals surface area contributed by atoms with Crippen molar-refractivity contribution >= 4 is 11.6 Å². The minimum Gasteiger partial charge on any atom is -0.359 e. The summed E-state index contributed by atoms with van der Waals surface area (Å²) < 4.78 is 0. The van der Waals surface area contributed by atoms with Gasteiger partial charge in [-0.05, 0) is 61.7 Å². The molecule has 0 aliphatic rings. The van der Waals surface area contributed by atoms with E-state index in [0.29, 0.717) is 11.8 Å². The van der Waals surface area contributed by atoms with Gasteiger partial charge in [0, 0.05) is 11.9 Å². The topological polar surface area (TPSA) is 66.5 Å². The van der Waals surface area contributed by atoms with Crippen molar-refractivity contribution in [2.45, 2.75) is 20.8 Å². The first kappa shape index (κ1) is 13.3. The third kappa shape index (κ3) is 2.76. The minimum atomic E-state index is 0.539. The number of aromatic nitrogens is 4. The lowest BCUT2D eigenvalue weighted by molar-refractivity contribution is 1.05. The number of aryl methyl sites for hydroxylation is 2. The molecule has 5 nitrogen and oxygen atoms in total. The zero-order valence-electron chi connectivity index (χ0n) is 12.3. The van der Waals surface area contributed by atoms with Gasteiger partial charge in [0.1, 0.15) is 6.33 Å². The maximum absolute atomic E-state index is 4.43. The molecule has 2 aromatic heterocycles. The highest BCUT2D eigenvalue weighted by molar-refractivity contribution is 5.59. The molecule has 0 saturated heterocycles. The molecule has 5 heteroatoms. The van der Waals surface area contributed by atoms with Crippen LogP contribution in [-0.2, 0) is 0 Å². The number of anilines is 2. The van der Waals surface area contributed by atoms with Crippen LogP contribution >= 0.6 is 0 Å². The Morgan fingerprint density at radius 1 is 1.05 bits per heavy atom. The molecule has 0 radical (unpaired) electrons. The van der Waals surface area contributed by atoms with Crippen molar-refractivity contribution in [3.05, 3.63) is 53.5 Å². The highest BCUT2D eigenvalue weighted by Crippen LogP contribution is 2.21. The fourth-order valence-electron chi connectivity index (χ4n) is 2.19. The van der Waals surface area contributed by atoms with Gasteiger partial charge in [0.2, 0.25) is 5.95 Å². The Hall–Kier alpha value is -2.69. The standard InChI is InChI=1S/C16H17N5/c1-10-7-13(8-11(2)12(10)3)20-16-19-9-18-15(21-16)14-5-4-6-17-14/h4-9,17H,1-3H3,(H,18,19,20,21). The number of nitrogens with one attached hydrogen (secondary N) is 2. The van der Waals surface area contributed by atoms with Crippen LogP contribution in [0.1, 0.15) is 16.7 Å². The first-order valence-electron chi connectivity index (χ1n) is 6.81. The van der Waals surface area contributed by atoms with Gasteiger partial charge in [0.15, 0.2) is 5.82 Å². The Balaban J connectivity index is 1.90. The van der Waals surface area contributed by atoms with E-state index in [1.165, 1.54) is 23.0 Å². The number of nitrogens with zero attached hydrogens (tertiary/aromatic N) is 3. The normalized spacial score (nSPS) is 10.6. The molecular weight excluding hydrogens is 262 g/mol. The van der Waals surface area contributed by atoms with Gasteiger partial charge in [0.25, 0.3) is 0 Å². The summed E-state index contributed by atoms with van der Waals surface area (Å²) in [6.45, 7) is 6.33. The lowest BCUT2D eigenvalue weighted by Gasteiger charge is -2.10. The number of hydrogen-bond acceptors (Lipinski definition) is 4.